The van der Waals surface area contributed by atoms with Crippen LogP contribution >= 0.6 is 0 Å². The first-order chi connectivity index (χ1) is 9.97. The van der Waals surface area contributed by atoms with Crippen LogP contribution in [0.3, 0.4) is 0 Å². The summed E-state index contributed by atoms with van der Waals surface area (Å²) in [5.74, 6) is -1.76. The molecule has 0 spiro atoms. The van der Waals surface area contributed by atoms with Crippen molar-refractivity contribution in [3.05, 3.63) is 29.6 Å². The van der Waals surface area contributed by atoms with Gasteiger partial charge in [-0.25, -0.2) is 4.39 Å². The molecule has 1 aromatic rings. The summed E-state index contributed by atoms with van der Waals surface area (Å²) in [7, 11) is 2.78. The summed E-state index contributed by atoms with van der Waals surface area (Å²) in [5, 5.41) is 0. The summed E-state index contributed by atoms with van der Waals surface area (Å²) in [5.41, 5.74) is 5.70. The van der Waals surface area contributed by atoms with Crippen molar-refractivity contribution in [1.82, 2.24) is 4.90 Å². The van der Waals surface area contributed by atoms with E-state index in [4.69, 9.17) is 15.2 Å². The predicted octanol–water partition coefficient (Wildman–Crippen LogP) is 0.813. The van der Waals surface area contributed by atoms with Crippen LogP contribution in [-0.4, -0.2) is 37.5 Å². The molecule has 0 radical (unpaired) electrons. The Morgan fingerprint density at radius 1 is 1.48 bits per heavy atom. The van der Waals surface area contributed by atoms with Crippen molar-refractivity contribution in [2.45, 2.75) is 12.6 Å². The summed E-state index contributed by atoms with van der Waals surface area (Å²) >= 11 is 0. The van der Waals surface area contributed by atoms with Gasteiger partial charge in [-0.15, -0.1) is 0 Å². The summed E-state index contributed by atoms with van der Waals surface area (Å²) < 4.78 is 23.9. The van der Waals surface area contributed by atoms with Crippen molar-refractivity contribution in [1.29, 1.82) is 0 Å². The predicted molar refractivity (Wildman–Crippen MR) is 71.7 cm³/mol. The van der Waals surface area contributed by atoms with Crippen molar-refractivity contribution in [3.63, 3.8) is 0 Å². The number of likely N-dealkylation sites (tertiary alicyclic amines) is 1. The lowest BCUT2D eigenvalue weighted by Gasteiger charge is -2.27. The normalized spacial score (nSPS) is 19.7. The van der Waals surface area contributed by atoms with E-state index in [1.54, 1.807) is 6.07 Å². The smallest absolute Gasteiger partial charge is 0.225 e. The Labute approximate surface area is 121 Å². The molecule has 7 heteroatoms. The van der Waals surface area contributed by atoms with E-state index in [9.17, 15) is 14.0 Å². The van der Waals surface area contributed by atoms with Crippen LogP contribution in [0.1, 0.15) is 18.2 Å². The second-order valence-electron chi connectivity index (χ2n) is 4.83. The molecule has 1 heterocycles. The maximum Gasteiger partial charge on any atom is 0.225 e. The maximum atomic E-state index is 13.8. The average molecular weight is 296 g/mol. The zero-order valence-electron chi connectivity index (χ0n) is 11.8. The van der Waals surface area contributed by atoms with Crippen molar-refractivity contribution >= 4 is 11.8 Å². The number of methoxy groups -OCH3 is 2. The van der Waals surface area contributed by atoms with E-state index in [0.29, 0.717) is 5.56 Å². The SMILES string of the molecule is COc1ccc(C(OC)N2CC(C(N)=O)CC2=O)cc1F. The van der Waals surface area contributed by atoms with E-state index in [1.165, 1.54) is 31.3 Å². The van der Waals surface area contributed by atoms with Crippen LogP contribution in [0.5, 0.6) is 5.75 Å². The number of hydrogen-bond acceptors (Lipinski definition) is 4. The van der Waals surface area contributed by atoms with Crippen LogP contribution in [-0.2, 0) is 14.3 Å². The van der Waals surface area contributed by atoms with E-state index in [-0.39, 0.29) is 24.6 Å². The first-order valence-corrected chi connectivity index (χ1v) is 6.43. The summed E-state index contributed by atoms with van der Waals surface area (Å²) in [6.45, 7) is 0.167. The van der Waals surface area contributed by atoms with Gasteiger partial charge in [0.1, 0.15) is 0 Å². The third kappa shape index (κ3) is 2.97. The zero-order chi connectivity index (χ0) is 15.6. The molecule has 2 N–H and O–H groups in total. The van der Waals surface area contributed by atoms with Crippen LogP contribution in [0.4, 0.5) is 4.39 Å². The zero-order valence-corrected chi connectivity index (χ0v) is 11.8. The van der Waals surface area contributed by atoms with Crippen molar-refractivity contribution in [2.24, 2.45) is 11.7 Å². The quantitative estimate of drug-likeness (QED) is 0.872. The number of carbonyl (C=O) groups excluding carboxylic acids is 2. The number of amides is 2. The highest BCUT2D eigenvalue weighted by Gasteiger charge is 2.37. The molecule has 1 aliphatic heterocycles. The monoisotopic (exact) mass is 296 g/mol. The summed E-state index contributed by atoms with van der Waals surface area (Å²) in [4.78, 5) is 24.6. The molecular weight excluding hydrogens is 279 g/mol. The molecule has 2 unspecified atom stereocenters. The van der Waals surface area contributed by atoms with E-state index >= 15 is 0 Å². The van der Waals surface area contributed by atoms with Crippen LogP contribution in [0.25, 0.3) is 0 Å². The van der Waals surface area contributed by atoms with Gasteiger partial charge in [-0.2, -0.15) is 0 Å². The number of carbonyl (C=O) groups is 2. The highest BCUT2D eigenvalue weighted by molar-refractivity contribution is 5.88. The fraction of sp³-hybridized carbons (Fsp3) is 0.429. The lowest BCUT2D eigenvalue weighted by molar-refractivity contribution is -0.139. The van der Waals surface area contributed by atoms with Gasteiger partial charge in [-0.1, -0.05) is 6.07 Å². The van der Waals surface area contributed by atoms with Crippen LogP contribution < -0.4 is 10.5 Å². The number of ether oxygens (including phenoxy) is 2. The second kappa shape index (κ2) is 6.09. The highest BCUT2D eigenvalue weighted by atomic mass is 19.1. The van der Waals surface area contributed by atoms with Crippen molar-refractivity contribution < 1.29 is 23.5 Å². The lowest BCUT2D eigenvalue weighted by atomic mass is 10.1. The van der Waals surface area contributed by atoms with Crippen molar-refractivity contribution in [3.8, 4) is 5.75 Å². The van der Waals surface area contributed by atoms with Gasteiger partial charge in [-0.3, -0.25) is 9.59 Å². The van der Waals surface area contributed by atoms with Crippen LogP contribution in [0.2, 0.25) is 0 Å². The Kier molecular flexibility index (Phi) is 4.42. The molecule has 6 nitrogen and oxygen atoms in total. The van der Waals surface area contributed by atoms with Crippen molar-refractivity contribution in [2.75, 3.05) is 20.8 Å². The van der Waals surface area contributed by atoms with Gasteiger partial charge in [0.15, 0.2) is 17.8 Å². The number of nitrogens with zero attached hydrogens (tertiary/aromatic N) is 1. The number of primary amides is 1. The molecule has 1 aromatic carbocycles. The molecule has 0 saturated carbocycles. The minimum absolute atomic E-state index is 0.0494. The molecular formula is C14H17FN2O4. The third-order valence-electron chi connectivity index (χ3n) is 3.53. The van der Waals surface area contributed by atoms with Gasteiger partial charge >= 0.3 is 0 Å². The second-order valence-corrected chi connectivity index (χ2v) is 4.83. The lowest BCUT2D eigenvalue weighted by Crippen LogP contribution is -2.33. The Morgan fingerprint density at radius 2 is 2.19 bits per heavy atom. The molecule has 0 aliphatic carbocycles. The highest BCUT2D eigenvalue weighted by Crippen LogP contribution is 2.31. The summed E-state index contributed by atoms with van der Waals surface area (Å²) in [6, 6.07) is 4.32. The molecule has 0 aromatic heterocycles. The Bertz CT molecular complexity index is 564. The van der Waals surface area contributed by atoms with Gasteiger partial charge in [0.2, 0.25) is 11.8 Å². The standard InChI is InChI=1S/C14H17FN2O4/c1-20-11-4-3-8(5-10(11)15)14(21-2)17-7-9(13(16)19)6-12(17)18/h3-5,9,14H,6-7H2,1-2H3,(H2,16,19). The van der Waals surface area contributed by atoms with Crippen LogP contribution in [0.15, 0.2) is 18.2 Å². The fourth-order valence-electron chi connectivity index (χ4n) is 2.43. The molecule has 21 heavy (non-hydrogen) atoms. The number of hydrogen-bond donors (Lipinski definition) is 1. The first kappa shape index (κ1) is 15.2. The number of nitrogens with two attached hydrogens (primary N) is 1. The number of benzene rings is 1. The minimum Gasteiger partial charge on any atom is -0.494 e. The van der Waals surface area contributed by atoms with Gasteiger partial charge in [-0.05, 0) is 12.1 Å². The van der Waals surface area contributed by atoms with Crippen LogP contribution in [0, 0.1) is 11.7 Å². The largest absolute Gasteiger partial charge is 0.494 e. The third-order valence-corrected chi connectivity index (χ3v) is 3.53. The number of rotatable bonds is 5. The molecule has 114 valence electrons. The van der Waals surface area contributed by atoms with E-state index in [0.717, 1.165) is 0 Å². The molecule has 1 fully saturated rings. The molecule has 0 bridgehead atoms. The molecule has 2 rings (SSSR count). The molecule has 2 amide bonds. The van der Waals surface area contributed by atoms with E-state index < -0.39 is 23.9 Å². The van der Waals surface area contributed by atoms with E-state index in [2.05, 4.69) is 0 Å². The molecule has 1 aliphatic rings. The average Bonchev–Trinajstić information content (AvgIpc) is 2.82. The van der Waals surface area contributed by atoms with Gasteiger partial charge < -0.3 is 20.1 Å². The summed E-state index contributed by atoms with van der Waals surface area (Å²) in [6.07, 6.45) is -0.712. The Morgan fingerprint density at radius 3 is 2.67 bits per heavy atom. The maximum absolute atomic E-state index is 13.8. The van der Waals surface area contributed by atoms with Gasteiger partial charge in [0, 0.05) is 25.6 Å². The first-order valence-electron chi connectivity index (χ1n) is 6.43. The minimum atomic E-state index is -0.762. The fourth-order valence-corrected chi connectivity index (χ4v) is 2.43. The number of halogens is 1. The van der Waals surface area contributed by atoms with Gasteiger partial charge in [0.05, 0.1) is 13.0 Å². The molecule has 2 atom stereocenters. The van der Waals surface area contributed by atoms with E-state index in [1.807, 2.05) is 0 Å². The molecule has 1 saturated heterocycles. The van der Waals surface area contributed by atoms with Gasteiger partial charge in [0.25, 0.3) is 0 Å². The Balaban J connectivity index is 2.26. The Hall–Kier alpha value is -2.15. The topological polar surface area (TPSA) is 81.9 Å².